The van der Waals surface area contributed by atoms with Gasteiger partial charge in [-0.05, 0) is 42.9 Å². The van der Waals surface area contributed by atoms with E-state index in [9.17, 15) is 0 Å². The van der Waals surface area contributed by atoms with Crippen molar-refractivity contribution in [1.82, 2.24) is 5.32 Å². The van der Waals surface area contributed by atoms with E-state index in [2.05, 4.69) is 50.4 Å². The van der Waals surface area contributed by atoms with Crippen molar-refractivity contribution in [3.8, 4) is 5.75 Å². The van der Waals surface area contributed by atoms with Crippen molar-refractivity contribution in [2.45, 2.75) is 52.2 Å². The molecule has 1 aliphatic carbocycles. The molecule has 1 aromatic rings. The van der Waals surface area contributed by atoms with Crippen LogP contribution in [0, 0.1) is 5.92 Å². The average Bonchev–Trinajstić information content (AvgIpc) is 3.18. The maximum atomic E-state index is 6.13. The smallest absolute Gasteiger partial charge is 0.120 e. The molecule has 1 fully saturated rings. The van der Waals surface area contributed by atoms with Crippen molar-refractivity contribution in [1.29, 1.82) is 0 Å². The Morgan fingerprint density at radius 2 is 2.11 bits per heavy atom. The molecule has 2 heteroatoms. The van der Waals surface area contributed by atoms with Gasteiger partial charge in [-0.1, -0.05) is 32.9 Å². The van der Waals surface area contributed by atoms with Crippen LogP contribution < -0.4 is 10.1 Å². The topological polar surface area (TPSA) is 21.3 Å². The lowest BCUT2D eigenvalue weighted by molar-refractivity contribution is 0.148. The zero-order valence-electron chi connectivity index (χ0n) is 11.8. The first kappa shape index (κ1) is 13.4. The molecular formula is C16H25NO. The molecular weight excluding hydrogens is 222 g/mol. The Kier molecular flexibility index (Phi) is 4.65. The first-order chi connectivity index (χ1) is 8.69. The van der Waals surface area contributed by atoms with E-state index in [1.165, 1.54) is 18.4 Å². The maximum Gasteiger partial charge on any atom is 0.120 e. The van der Waals surface area contributed by atoms with Gasteiger partial charge in [0.25, 0.3) is 0 Å². The number of aryl methyl sites for hydroxylation is 1. The summed E-state index contributed by atoms with van der Waals surface area (Å²) in [7, 11) is 0. The molecule has 1 aromatic carbocycles. The van der Waals surface area contributed by atoms with E-state index < -0.39 is 0 Å². The van der Waals surface area contributed by atoms with Gasteiger partial charge >= 0.3 is 0 Å². The zero-order valence-corrected chi connectivity index (χ0v) is 11.8. The molecule has 0 aromatic heterocycles. The molecule has 0 saturated heterocycles. The van der Waals surface area contributed by atoms with Crippen molar-refractivity contribution < 1.29 is 4.74 Å². The van der Waals surface area contributed by atoms with Crippen LogP contribution in [0.25, 0.3) is 0 Å². The molecule has 0 amide bonds. The van der Waals surface area contributed by atoms with Crippen LogP contribution in [-0.2, 0) is 6.42 Å². The van der Waals surface area contributed by atoms with Gasteiger partial charge in [0.15, 0.2) is 0 Å². The summed E-state index contributed by atoms with van der Waals surface area (Å²) in [5, 5.41) is 3.56. The highest BCUT2D eigenvalue weighted by molar-refractivity contribution is 5.28. The van der Waals surface area contributed by atoms with E-state index >= 15 is 0 Å². The molecule has 1 saturated carbocycles. The SMILES string of the molecule is CCc1cccc(OC(CNC2CC2)C(C)C)c1. The van der Waals surface area contributed by atoms with Crippen molar-refractivity contribution in [2.24, 2.45) is 5.92 Å². The Morgan fingerprint density at radius 3 is 2.72 bits per heavy atom. The average molecular weight is 247 g/mol. The van der Waals surface area contributed by atoms with Crippen LogP contribution in [0.4, 0.5) is 0 Å². The van der Waals surface area contributed by atoms with Gasteiger partial charge in [-0.15, -0.1) is 0 Å². The fraction of sp³-hybridized carbons (Fsp3) is 0.625. The number of hydrogen-bond acceptors (Lipinski definition) is 2. The highest BCUT2D eigenvalue weighted by Gasteiger charge is 2.23. The Balaban J connectivity index is 1.93. The summed E-state index contributed by atoms with van der Waals surface area (Å²) in [5.41, 5.74) is 1.34. The van der Waals surface area contributed by atoms with Crippen molar-refractivity contribution >= 4 is 0 Å². The molecule has 1 atom stereocenters. The first-order valence-electron chi connectivity index (χ1n) is 7.18. The summed E-state index contributed by atoms with van der Waals surface area (Å²) in [6.45, 7) is 7.58. The fourth-order valence-electron chi connectivity index (χ4n) is 2.00. The molecule has 0 heterocycles. The van der Waals surface area contributed by atoms with E-state index in [1.807, 2.05) is 0 Å². The second-order valence-corrected chi connectivity index (χ2v) is 5.58. The number of ether oxygens (including phenoxy) is 1. The molecule has 100 valence electrons. The van der Waals surface area contributed by atoms with Gasteiger partial charge in [-0.2, -0.15) is 0 Å². The zero-order chi connectivity index (χ0) is 13.0. The molecule has 2 nitrogen and oxygen atoms in total. The van der Waals surface area contributed by atoms with Crippen LogP contribution in [0.3, 0.4) is 0 Å². The van der Waals surface area contributed by atoms with Crippen LogP contribution in [0.15, 0.2) is 24.3 Å². The van der Waals surface area contributed by atoms with E-state index in [4.69, 9.17) is 4.74 Å². The molecule has 18 heavy (non-hydrogen) atoms. The van der Waals surface area contributed by atoms with Gasteiger partial charge in [0, 0.05) is 12.6 Å². The summed E-state index contributed by atoms with van der Waals surface area (Å²) in [6, 6.07) is 9.20. The Morgan fingerprint density at radius 1 is 1.33 bits per heavy atom. The molecule has 1 unspecified atom stereocenters. The predicted molar refractivity (Wildman–Crippen MR) is 76.1 cm³/mol. The van der Waals surface area contributed by atoms with Gasteiger partial charge in [-0.3, -0.25) is 0 Å². The van der Waals surface area contributed by atoms with Gasteiger partial charge < -0.3 is 10.1 Å². The minimum Gasteiger partial charge on any atom is -0.489 e. The highest BCUT2D eigenvalue weighted by atomic mass is 16.5. The molecule has 0 radical (unpaired) electrons. The summed E-state index contributed by atoms with van der Waals surface area (Å²) in [4.78, 5) is 0. The molecule has 1 aliphatic rings. The molecule has 1 N–H and O–H groups in total. The minimum atomic E-state index is 0.262. The Hall–Kier alpha value is -1.02. The van der Waals surface area contributed by atoms with Gasteiger partial charge in [0.2, 0.25) is 0 Å². The monoisotopic (exact) mass is 247 g/mol. The van der Waals surface area contributed by atoms with E-state index in [0.29, 0.717) is 5.92 Å². The third-order valence-electron chi connectivity index (χ3n) is 3.52. The van der Waals surface area contributed by atoms with E-state index in [-0.39, 0.29) is 6.10 Å². The van der Waals surface area contributed by atoms with E-state index in [1.54, 1.807) is 0 Å². The van der Waals surface area contributed by atoms with Gasteiger partial charge in [0.1, 0.15) is 11.9 Å². The Labute approximate surface area is 111 Å². The largest absolute Gasteiger partial charge is 0.489 e. The normalized spacial score (nSPS) is 16.9. The second kappa shape index (κ2) is 6.24. The van der Waals surface area contributed by atoms with Crippen LogP contribution in [-0.4, -0.2) is 18.7 Å². The van der Waals surface area contributed by atoms with Gasteiger partial charge in [0.05, 0.1) is 0 Å². The number of rotatable bonds is 7. The summed E-state index contributed by atoms with van der Waals surface area (Å²) < 4.78 is 6.13. The lowest BCUT2D eigenvalue weighted by atomic mass is 10.1. The predicted octanol–water partition coefficient (Wildman–Crippen LogP) is 3.40. The lowest BCUT2D eigenvalue weighted by Gasteiger charge is -2.23. The van der Waals surface area contributed by atoms with Crippen molar-refractivity contribution in [3.05, 3.63) is 29.8 Å². The highest BCUT2D eigenvalue weighted by Crippen LogP contribution is 2.21. The Bertz CT molecular complexity index is 371. The third kappa shape index (κ3) is 4.02. The second-order valence-electron chi connectivity index (χ2n) is 5.58. The summed E-state index contributed by atoms with van der Waals surface area (Å²) in [5.74, 6) is 1.53. The van der Waals surface area contributed by atoms with Crippen LogP contribution in [0.1, 0.15) is 39.2 Å². The molecule has 0 spiro atoms. The fourth-order valence-corrected chi connectivity index (χ4v) is 2.00. The quantitative estimate of drug-likeness (QED) is 0.797. The minimum absolute atomic E-state index is 0.262. The van der Waals surface area contributed by atoms with Crippen LogP contribution in [0.2, 0.25) is 0 Å². The number of benzene rings is 1. The number of nitrogens with one attached hydrogen (secondary N) is 1. The molecule has 0 aliphatic heterocycles. The standard InChI is InChI=1S/C16H25NO/c1-4-13-6-5-7-15(10-13)18-16(12(2)3)11-17-14-8-9-14/h5-7,10,12,14,16-17H,4,8-9,11H2,1-3H3. The van der Waals surface area contributed by atoms with E-state index in [0.717, 1.165) is 24.8 Å². The van der Waals surface area contributed by atoms with Crippen molar-refractivity contribution in [3.63, 3.8) is 0 Å². The first-order valence-corrected chi connectivity index (χ1v) is 7.18. The summed E-state index contributed by atoms with van der Waals surface area (Å²) >= 11 is 0. The van der Waals surface area contributed by atoms with Gasteiger partial charge in [-0.25, -0.2) is 0 Å². The summed E-state index contributed by atoms with van der Waals surface area (Å²) in [6.07, 6.45) is 3.98. The molecule has 2 rings (SSSR count). The number of hydrogen-bond donors (Lipinski definition) is 1. The van der Waals surface area contributed by atoms with Crippen LogP contribution in [0.5, 0.6) is 5.75 Å². The lowest BCUT2D eigenvalue weighted by Crippen LogP contribution is -2.36. The van der Waals surface area contributed by atoms with Crippen molar-refractivity contribution in [2.75, 3.05) is 6.54 Å². The maximum absolute atomic E-state index is 6.13. The molecule has 0 bridgehead atoms. The van der Waals surface area contributed by atoms with Crippen LogP contribution >= 0.6 is 0 Å². The third-order valence-corrected chi connectivity index (χ3v) is 3.52.